The highest BCUT2D eigenvalue weighted by Gasteiger charge is 2.43. The zero-order chi connectivity index (χ0) is 6.43. The molecule has 2 fully saturated rings. The molecule has 52 valence electrons. The number of fused-ring (bicyclic) bond motifs is 1. The minimum absolute atomic E-state index is 1.03. The lowest BCUT2D eigenvalue weighted by Gasteiger charge is -2.32. The van der Waals surface area contributed by atoms with E-state index in [1.165, 1.54) is 12.8 Å². The summed E-state index contributed by atoms with van der Waals surface area (Å²) < 4.78 is 0. The first kappa shape index (κ1) is 5.76. The smallest absolute Gasteiger partial charge is 0.0357 e. The topological polar surface area (TPSA) is 0 Å². The standard InChI is InChI=1S/C9H16/c1-6-5-8-3-4-9(8)7(6)2/h6-9H,3-5H2,1-2H3. The van der Waals surface area contributed by atoms with Crippen LogP contribution >= 0.6 is 0 Å². The lowest BCUT2D eigenvalue weighted by molar-refractivity contribution is 0.176. The van der Waals surface area contributed by atoms with Gasteiger partial charge in [0.15, 0.2) is 0 Å². The third kappa shape index (κ3) is 0.653. The van der Waals surface area contributed by atoms with Gasteiger partial charge >= 0.3 is 0 Å². The van der Waals surface area contributed by atoms with Gasteiger partial charge in [0.25, 0.3) is 0 Å². The summed E-state index contributed by atoms with van der Waals surface area (Å²) in [5, 5.41) is 0. The summed E-state index contributed by atoms with van der Waals surface area (Å²) in [6.07, 6.45) is 4.61. The van der Waals surface area contributed by atoms with Crippen molar-refractivity contribution < 1.29 is 0 Å². The Labute approximate surface area is 57.6 Å². The molecular formula is C9H16. The largest absolute Gasteiger partial charge is 0.0622 e. The molecule has 2 aliphatic rings. The summed E-state index contributed by atoms with van der Waals surface area (Å²) in [7, 11) is 0. The zero-order valence-corrected chi connectivity index (χ0v) is 6.43. The predicted octanol–water partition coefficient (Wildman–Crippen LogP) is 2.69. The lowest BCUT2D eigenvalue weighted by atomic mass is 9.73. The molecule has 2 aliphatic carbocycles. The average Bonchev–Trinajstić information content (AvgIpc) is 1.92. The Hall–Kier alpha value is 0. The molecule has 9 heavy (non-hydrogen) atoms. The number of rotatable bonds is 0. The molecule has 0 amide bonds. The fraction of sp³-hybridized carbons (Fsp3) is 1.00. The van der Waals surface area contributed by atoms with Gasteiger partial charge in [0, 0.05) is 0 Å². The number of hydrogen-bond acceptors (Lipinski definition) is 0. The fourth-order valence-corrected chi connectivity index (χ4v) is 2.69. The highest BCUT2D eigenvalue weighted by Crippen LogP contribution is 2.52. The van der Waals surface area contributed by atoms with Crippen LogP contribution in [0.5, 0.6) is 0 Å². The van der Waals surface area contributed by atoms with Crippen LogP contribution in [0.4, 0.5) is 0 Å². The van der Waals surface area contributed by atoms with Crippen LogP contribution < -0.4 is 0 Å². The van der Waals surface area contributed by atoms with E-state index in [-0.39, 0.29) is 0 Å². The van der Waals surface area contributed by atoms with Gasteiger partial charge < -0.3 is 0 Å². The average molecular weight is 124 g/mol. The summed E-state index contributed by atoms with van der Waals surface area (Å²) in [5.41, 5.74) is 0. The quantitative estimate of drug-likeness (QED) is 0.465. The second kappa shape index (κ2) is 1.74. The maximum absolute atomic E-state index is 2.44. The first-order valence-electron chi connectivity index (χ1n) is 4.29. The van der Waals surface area contributed by atoms with Crippen LogP contribution in [-0.2, 0) is 0 Å². The van der Waals surface area contributed by atoms with Crippen molar-refractivity contribution in [2.75, 3.05) is 0 Å². The van der Waals surface area contributed by atoms with E-state index in [4.69, 9.17) is 0 Å². The minimum atomic E-state index is 1.03. The molecule has 2 rings (SSSR count). The SMILES string of the molecule is CC1CC2CCC2C1C. The molecule has 0 radical (unpaired) electrons. The Morgan fingerprint density at radius 3 is 2.11 bits per heavy atom. The Morgan fingerprint density at radius 1 is 1.11 bits per heavy atom. The third-order valence-electron chi connectivity index (χ3n) is 3.72. The summed E-state index contributed by atoms with van der Waals surface area (Å²) >= 11 is 0. The van der Waals surface area contributed by atoms with Gasteiger partial charge in [0.2, 0.25) is 0 Å². The Kier molecular flexibility index (Phi) is 1.12. The Morgan fingerprint density at radius 2 is 1.89 bits per heavy atom. The maximum Gasteiger partial charge on any atom is -0.0357 e. The molecule has 2 saturated carbocycles. The zero-order valence-electron chi connectivity index (χ0n) is 6.43. The van der Waals surface area contributed by atoms with Crippen molar-refractivity contribution >= 4 is 0 Å². The van der Waals surface area contributed by atoms with E-state index in [1.807, 2.05) is 0 Å². The Bertz CT molecular complexity index is 113. The molecular weight excluding hydrogens is 108 g/mol. The highest BCUT2D eigenvalue weighted by atomic mass is 14.5. The van der Waals surface area contributed by atoms with Gasteiger partial charge in [-0.15, -0.1) is 0 Å². The second-order valence-corrected chi connectivity index (χ2v) is 4.07. The number of hydrogen-bond donors (Lipinski definition) is 0. The lowest BCUT2D eigenvalue weighted by Crippen LogP contribution is -2.23. The molecule has 0 nitrogen and oxygen atoms in total. The van der Waals surface area contributed by atoms with Gasteiger partial charge in [0.1, 0.15) is 0 Å². The van der Waals surface area contributed by atoms with E-state index in [0.717, 1.165) is 23.7 Å². The molecule has 0 aromatic carbocycles. The van der Waals surface area contributed by atoms with E-state index in [2.05, 4.69) is 13.8 Å². The molecule has 4 atom stereocenters. The molecule has 0 bridgehead atoms. The van der Waals surface area contributed by atoms with Crippen molar-refractivity contribution in [2.45, 2.75) is 33.1 Å². The van der Waals surface area contributed by atoms with E-state index >= 15 is 0 Å². The van der Waals surface area contributed by atoms with E-state index < -0.39 is 0 Å². The van der Waals surface area contributed by atoms with Gasteiger partial charge in [-0.1, -0.05) is 13.8 Å². The van der Waals surface area contributed by atoms with Gasteiger partial charge in [-0.25, -0.2) is 0 Å². The summed E-state index contributed by atoms with van der Waals surface area (Å²) in [5.74, 6) is 4.36. The molecule has 0 heteroatoms. The molecule has 4 unspecified atom stereocenters. The normalized spacial score (nSPS) is 56.7. The first-order valence-corrected chi connectivity index (χ1v) is 4.29. The molecule has 0 spiro atoms. The fourth-order valence-electron chi connectivity index (χ4n) is 2.69. The van der Waals surface area contributed by atoms with Gasteiger partial charge in [-0.2, -0.15) is 0 Å². The summed E-state index contributed by atoms with van der Waals surface area (Å²) in [6, 6.07) is 0. The van der Waals surface area contributed by atoms with Crippen LogP contribution in [0.25, 0.3) is 0 Å². The first-order chi connectivity index (χ1) is 4.29. The molecule has 0 aliphatic heterocycles. The van der Waals surface area contributed by atoms with E-state index in [9.17, 15) is 0 Å². The van der Waals surface area contributed by atoms with Gasteiger partial charge in [-0.05, 0) is 42.9 Å². The highest BCUT2D eigenvalue weighted by molar-refractivity contribution is 4.93. The predicted molar refractivity (Wildman–Crippen MR) is 39.2 cm³/mol. The molecule has 0 heterocycles. The second-order valence-electron chi connectivity index (χ2n) is 4.07. The van der Waals surface area contributed by atoms with Crippen LogP contribution in [0.3, 0.4) is 0 Å². The molecule has 0 aromatic rings. The third-order valence-corrected chi connectivity index (χ3v) is 3.72. The molecule has 0 aromatic heterocycles. The van der Waals surface area contributed by atoms with Crippen LogP contribution in [0.15, 0.2) is 0 Å². The maximum atomic E-state index is 2.44. The monoisotopic (exact) mass is 124 g/mol. The van der Waals surface area contributed by atoms with Gasteiger partial charge in [-0.3, -0.25) is 0 Å². The van der Waals surface area contributed by atoms with Crippen molar-refractivity contribution in [3.8, 4) is 0 Å². The Balaban J connectivity index is 2.07. The van der Waals surface area contributed by atoms with Crippen molar-refractivity contribution in [3.63, 3.8) is 0 Å². The minimum Gasteiger partial charge on any atom is -0.0622 e. The van der Waals surface area contributed by atoms with Crippen LogP contribution in [0, 0.1) is 23.7 Å². The van der Waals surface area contributed by atoms with Crippen molar-refractivity contribution in [1.29, 1.82) is 0 Å². The molecule has 0 N–H and O–H groups in total. The summed E-state index contributed by atoms with van der Waals surface area (Å²) in [6.45, 7) is 4.86. The van der Waals surface area contributed by atoms with Crippen LogP contribution in [-0.4, -0.2) is 0 Å². The molecule has 0 saturated heterocycles. The van der Waals surface area contributed by atoms with Gasteiger partial charge in [0.05, 0.1) is 0 Å². The van der Waals surface area contributed by atoms with Crippen molar-refractivity contribution in [3.05, 3.63) is 0 Å². The van der Waals surface area contributed by atoms with Crippen LogP contribution in [0.1, 0.15) is 33.1 Å². The van der Waals surface area contributed by atoms with E-state index in [1.54, 1.807) is 6.42 Å². The van der Waals surface area contributed by atoms with Crippen LogP contribution in [0.2, 0.25) is 0 Å². The van der Waals surface area contributed by atoms with E-state index in [0.29, 0.717) is 0 Å². The van der Waals surface area contributed by atoms with Crippen molar-refractivity contribution in [2.24, 2.45) is 23.7 Å². The summed E-state index contributed by atoms with van der Waals surface area (Å²) in [4.78, 5) is 0. The van der Waals surface area contributed by atoms with Crippen molar-refractivity contribution in [1.82, 2.24) is 0 Å².